The number of carbonyl (C=O) groups excluding carboxylic acids is 1. The molecule has 1 aliphatic rings. The predicted octanol–water partition coefficient (Wildman–Crippen LogP) is 3.88. The smallest absolute Gasteiger partial charge is 0.223 e. The summed E-state index contributed by atoms with van der Waals surface area (Å²) < 4.78 is 0. The maximum absolute atomic E-state index is 12.1. The molecule has 3 heteroatoms. The van der Waals surface area contributed by atoms with Crippen LogP contribution < -0.4 is 5.32 Å². The van der Waals surface area contributed by atoms with Crippen molar-refractivity contribution in [3.63, 3.8) is 0 Å². The maximum atomic E-state index is 12.1. The zero-order valence-electron chi connectivity index (χ0n) is 11.0. The molecule has 1 rings (SSSR count). The summed E-state index contributed by atoms with van der Waals surface area (Å²) in [6.07, 6.45) is 9.59. The molecule has 1 amide bonds. The largest absolute Gasteiger partial charge is 0.356 e. The molecule has 0 spiro atoms. The molecule has 0 radical (unpaired) electrons. The minimum Gasteiger partial charge on any atom is -0.356 e. The van der Waals surface area contributed by atoms with Gasteiger partial charge in [0.25, 0.3) is 0 Å². The Labute approximate surface area is 114 Å². The molecule has 1 unspecified atom stereocenters. The lowest BCUT2D eigenvalue weighted by molar-refractivity contribution is -0.125. The molecular weight excluding hydrogens is 278 g/mol. The zero-order chi connectivity index (χ0) is 12.5. The molecule has 1 saturated carbocycles. The second-order valence-electron chi connectivity index (χ2n) is 5.19. The van der Waals surface area contributed by atoms with Crippen LogP contribution in [-0.4, -0.2) is 17.8 Å². The lowest BCUT2D eigenvalue weighted by Crippen LogP contribution is -2.34. The van der Waals surface area contributed by atoms with Gasteiger partial charge < -0.3 is 5.32 Å². The van der Waals surface area contributed by atoms with Gasteiger partial charge in [0.1, 0.15) is 0 Å². The first kappa shape index (κ1) is 15.0. The van der Waals surface area contributed by atoms with Gasteiger partial charge in [-0.15, -0.1) is 0 Å². The molecule has 0 aromatic carbocycles. The van der Waals surface area contributed by atoms with Crippen molar-refractivity contribution >= 4 is 21.8 Å². The first-order valence-corrected chi connectivity index (χ1v) is 8.23. The Morgan fingerprint density at radius 1 is 1.29 bits per heavy atom. The SMILES string of the molecule is CCC(CCBr)CNC(=O)C1CCCCCC1. The van der Waals surface area contributed by atoms with Crippen molar-refractivity contribution in [1.29, 1.82) is 0 Å². The van der Waals surface area contributed by atoms with Gasteiger partial charge in [0, 0.05) is 17.8 Å². The van der Waals surface area contributed by atoms with Gasteiger partial charge in [0.15, 0.2) is 0 Å². The summed E-state index contributed by atoms with van der Waals surface area (Å²) in [5, 5.41) is 4.19. The molecule has 0 aromatic heterocycles. The van der Waals surface area contributed by atoms with Gasteiger partial charge in [-0.1, -0.05) is 55.0 Å². The maximum Gasteiger partial charge on any atom is 0.223 e. The summed E-state index contributed by atoms with van der Waals surface area (Å²) >= 11 is 3.47. The zero-order valence-corrected chi connectivity index (χ0v) is 12.6. The first-order chi connectivity index (χ1) is 8.27. The van der Waals surface area contributed by atoms with Crippen LogP contribution >= 0.6 is 15.9 Å². The number of nitrogens with one attached hydrogen (secondary N) is 1. The third-order valence-electron chi connectivity index (χ3n) is 3.89. The highest BCUT2D eigenvalue weighted by Crippen LogP contribution is 2.23. The monoisotopic (exact) mass is 303 g/mol. The number of rotatable bonds is 6. The molecule has 17 heavy (non-hydrogen) atoms. The topological polar surface area (TPSA) is 29.1 Å². The highest BCUT2D eigenvalue weighted by Gasteiger charge is 2.20. The van der Waals surface area contributed by atoms with Crippen molar-refractivity contribution in [3.8, 4) is 0 Å². The van der Waals surface area contributed by atoms with Gasteiger partial charge in [-0.3, -0.25) is 4.79 Å². The Kier molecular flexibility index (Phi) is 7.91. The molecule has 0 aliphatic heterocycles. The Morgan fingerprint density at radius 3 is 2.47 bits per heavy atom. The van der Waals surface area contributed by atoms with Crippen LogP contribution in [0, 0.1) is 11.8 Å². The summed E-state index contributed by atoms with van der Waals surface area (Å²) in [7, 11) is 0. The van der Waals surface area contributed by atoms with E-state index in [1.807, 2.05) is 0 Å². The average molecular weight is 304 g/mol. The minimum absolute atomic E-state index is 0.291. The van der Waals surface area contributed by atoms with Crippen LogP contribution in [0.4, 0.5) is 0 Å². The molecule has 1 atom stereocenters. The average Bonchev–Trinajstić information content (AvgIpc) is 2.62. The van der Waals surface area contributed by atoms with E-state index >= 15 is 0 Å². The van der Waals surface area contributed by atoms with Crippen molar-refractivity contribution in [2.24, 2.45) is 11.8 Å². The molecular formula is C14H26BrNO. The van der Waals surface area contributed by atoms with E-state index in [4.69, 9.17) is 0 Å². The van der Waals surface area contributed by atoms with Crippen molar-refractivity contribution in [3.05, 3.63) is 0 Å². The Morgan fingerprint density at radius 2 is 1.94 bits per heavy atom. The lowest BCUT2D eigenvalue weighted by Gasteiger charge is -2.18. The number of hydrogen-bond acceptors (Lipinski definition) is 1. The van der Waals surface area contributed by atoms with Crippen LogP contribution in [0.25, 0.3) is 0 Å². The standard InChI is InChI=1S/C14H26BrNO/c1-2-12(9-10-15)11-16-14(17)13-7-5-3-4-6-8-13/h12-13H,2-11H2,1H3,(H,16,17). The second kappa shape index (κ2) is 8.96. The third-order valence-corrected chi connectivity index (χ3v) is 4.34. The van der Waals surface area contributed by atoms with Crippen molar-refractivity contribution in [2.75, 3.05) is 11.9 Å². The molecule has 1 N–H and O–H groups in total. The van der Waals surface area contributed by atoms with Gasteiger partial charge >= 0.3 is 0 Å². The molecule has 0 heterocycles. The predicted molar refractivity (Wildman–Crippen MR) is 76.4 cm³/mol. The van der Waals surface area contributed by atoms with Gasteiger partial charge in [0.05, 0.1) is 0 Å². The summed E-state index contributed by atoms with van der Waals surface area (Å²) in [6.45, 7) is 3.06. The highest BCUT2D eigenvalue weighted by molar-refractivity contribution is 9.09. The van der Waals surface area contributed by atoms with E-state index in [1.54, 1.807) is 0 Å². The fourth-order valence-corrected chi connectivity index (χ4v) is 3.18. The van der Waals surface area contributed by atoms with Crippen molar-refractivity contribution in [2.45, 2.75) is 58.3 Å². The van der Waals surface area contributed by atoms with Crippen LogP contribution in [0.1, 0.15) is 58.3 Å². The summed E-state index contributed by atoms with van der Waals surface area (Å²) in [6, 6.07) is 0. The highest BCUT2D eigenvalue weighted by atomic mass is 79.9. The fraction of sp³-hybridized carbons (Fsp3) is 0.929. The summed E-state index contributed by atoms with van der Waals surface area (Å²) in [5.41, 5.74) is 0. The van der Waals surface area contributed by atoms with Crippen LogP contribution in [0.15, 0.2) is 0 Å². The number of halogens is 1. The molecule has 0 saturated heterocycles. The number of amides is 1. The molecule has 0 bridgehead atoms. The van der Waals surface area contributed by atoms with Crippen LogP contribution in [0.5, 0.6) is 0 Å². The summed E-state index contributed by atoms with van der Waals surface area (Å²) in [5.74, 6) is 1.23. The lowest BCUT2D eigenvalue weighted by atomic mass is 9.98. The van der Waals surface area contributed by atoms with E-state index in [1.165, 1.54) is 25.7 Å². The van der Waals surface area contributed by atoms with Gasteiger partial charge in [-0.05, 0) is 25.2 Å². The minimum atomic E-state index is 0.291. The number of alkyl halides is 1. The van der Waals surface area contributed by atoms with Crippen molar-refractivity contribution < 1.29 is 4.79 Å². The first-order valence-electron chi connectivity index (χ1n) is 7.11. The quantitative estimate of drug-likeness (QED) is 0.585. The van der Waals surface area contributed by atoms with Gasteiger partial charge in [-0.25, -0.2) is 0 Å². The van der Waals surface area contributed by atoms with Gasteiger partial charge in [-0.2, -0.15) is 0 Å². The second-order valence-corrected chi connectivity index (χ2v) is 5.98. The van der Waals surface area contributed by atoms with Crippen LogP contribution in [-0.2, 0) is 4.79 Å². The number of hydrogen-bond donors (Lipinski definition) is 1. The summed E-state index contributed by atoms with van der Waals surface area (Å²) in [4.78, 5) is 12.1. The van der Waals surface area contributed by atoms with E-state index in [-0.39, 0.29) is 0 Å². The van der Waals surface area contributed by atoms with E-state index in [2.05, 4.69) is 28.2 Å². The van der Waals surface area contributed by atoms with E-state index < -0.39 is 0 Å². The van der Waals surface area contributed by atoms with E-state index in [0.29, 0.717) is 17.7 Å². The van der Waals surface area contributed by atoms with Gasteiger partial charge in [0.2, 0.25) is 5.91 Å². The molecule has 2 nitrogen and oxygen atoms in total. The third kappa shape index (κ3) is 5.89. The van der Waals surface area contributed by atoms with Crippen molar-refractivity contribution in [1.82, 2.24) is 5.32 Å². The normalized spacial score (nSPS) is 19.6. The van der Waals surface area contributed by atoms with Crippen LogP contribution in [0.2, 0.25) is 0 Å². The molecule has 0 aromatic rings. The molecule has 1 aliphatic carbocycles. The number of carbonyl (C=O) groups is 1. The van der Waals surface area contributed by atoms with Crippen LogP contribution in [0.3, 0.4) is 0 Å². The Balaban J connectivity index is 2.26. The fourth-order valence-electron chi connectivity index (χ4n) is 2.54. The Bertz CT molecular complexity index is 212. The molecule has 100 valence electrons. The molecule has 1 fully saturated rings. The van der Waals surface area contributed by atoms with E-state index in [9.17, 15) is 4.79 Å². The van der Waals surface area contributed by atoms with E-state index in [0.717, 1.165) is 37.6 Å². The Hall–Kier alpha value is -0.0500.